The van der Waals surface area contributed by atoms with Gasteiger partial charge < -0.3 is 14.5 Å². The Labute approximate surface area is 171 Å². The zero-order chi connectivity index (χ0) is 20.8. The maximum Gasteiger partial charge on any atom is 0.260 e. The molecule has 3 rings (SSSR count). The fourth-order valence-corrected chi connectivity index (χ4v) is 3.57. The number of ether oxygens (including phenoxy) is 1. The van der Waals surface area contributed by atoms with Crippen LogP contribution >= 0.6 is 0 Å². The average Bonchev–Trinajstić information content (AvgIpc) is 2.77. The van der Waals surface area contributed by atoms with Gasteiger partial charge in [-0.15, -0.1) is 0 Å². The summed E-state index contributed by atoms with van der Waals surface area (Å²) >= 11 is 0. The highest BCUT2D eigenvalue weighted by Crippen LogP contribution is 2.25. The lowest BCUT2D eigenvalue weighted by molar-refractivity contribution is -0.142. The topological polar surface area (TPSA) is 49.9 Å². The number of piperidine rings is 1. The largest absolute Gasteiger partial charge is 0.484 e. The lowest BCUT2D eigenvalue weighted by Crippen LogP contribution is -2.45. The number of hydrogen-bond acceptors (Lipinski definition) is 3. The number of carbonyl (C=O) groups excluding carboxylic acids is 2. The van der Waals surface area contributed by atoms with E-state index < -0.39 is 0 Å². The van der Waals surface area contributed by atoms with Crippen molar-refractivity contribution < 1.29 is 18.7 Å². The van der Waals surface area contributed by atoms with Crippen LogP contribution in [-0.2, 0) is 9.59 Å². The van der Waals surface area contributed by atoms with Crippen LogP contribution in [0.3, 0.4) is 0 Å². The van der Waals surface area contributed by atoms with Gasteiger partial charge in [-0.05, 0) is 49.6 Å². The minimum absolute atomic E-state index is 0.00410. The van der Waals surface area contributed by atoms with Gasteiger partial charge >= 0.3 is 0 Å². The van der Waals surface area contributed by atoms with E-state index in [1.54, 1.807) is 29.0 Å². The normalized spacial score (nSPS) is 15.6. The van der Waals surface area contributed by atoms with Crippen molar-refractivity contribution in [2.75, 3.05) is 26.7 Å². The van der Waals surface area contributed by atoms with Gasteiger partial charge in [-0.1, -0.05) is 30.3 Å². The van der Waals surface area contributed by atoms with Crippen LogP contribution in [0.25, 0.3) is 0 Å². The quantitative estimate of drug-likeness (QED) is 0.746. The molecule has 154 valence electrons. The number of amides is 2. The fourth-order valence-electron chi connectivity index (χ4n) is 3.57. The number of likely N-dealkylation sites (tertiary alicyclic amines) is 1. The number of carbonyl (C=O) groups is 2. The molecule has 1 heterocycles. The molecular weight excluding hydrogens is 371 g/mol. The van der Waals surface area contributed by atoms with E-state index >= 15 is 0 Å². The van der Waals surface area contributed by atoms with Crippen LogP contribution in [0, 0.1) is 11.7 Å². The van der Waals surface area contributed by atoms with Gasteiger partial charge in [-0.25, -0.2) is 4.39 Å². The first-order valence-corrected chi connectivity index (χ1v) is 9.93. The van der Waals surface area contributed by atoms with Crippen LogP contribution < -0.4 is 4.74 Å². The predicted octanol–water partition coefficient (Wildman–Crippen LogP) is 3.66. The van der Waals surface area contributed by atoms with Crippen LogP contribution in [-0.4, -0.2) is 48.4 Å². The van der Waals surface area contributed by atoms with Crippen molar-refractivity contribution in [2.24, 2.45) is 5.92 Å². The van der Waals surface area contributed by atoms with Crippen molar-refractivity contribution >= 4 is 11.8 Å². The molecule has 6 heteroatoms. The Morgan fingerprint density at radius 1 is 1.10 bits per heavy atom. The summed E-state index contributed by atoms with van der Waals surface area (Å²) in [6.07, 6.45) is 1.27. The van der Waals surface area contributed by atoms with Gasteiger partial charge in [-0.3, -0.25) is 9.59 Å². The zero-order valence-electron chi connectivity index (χ0n) is 16.9. The smallest absolute Gasteiger partial charge is 0.260 e. The van der Waals surface area contributed by atoms with Crippen LogP contribution in [0.4, 0.5) is 4.39 Å². The molecule has 1 atom stereocenters. The summed E-state index contributed by atoms with van der Waals surface area (Å²) < 4.78 is 18.7. The van der Waals surface area contributed by atoms with E-state index in [0.29, 0.717) is 31.7 Å². The summed E-state index contributed by atoms with van der Waals surface area (Å²) in [5, 5.41) is 0. The summed E-state index contributed by atoms with van der Waals surface area (Å²) in [5.41, 5.74) is 0.896. The van der Waals surface area contributed by atoms with E-state index in [1.807, 2.05) is 37.3 Å². The van der Waals surface area contributed by atoms with Crippen LogP contribution in [0.5, 0.6) is 5.75 Å². The van der Waals surface area contributed by atoms with E-state index in [9.17, 15) is 14.0 Å². The molecule has 0 bridgehead atoms. The van der Waals surface area contributed by atoms with Gasteiger partial charge in [0.25, 0.3) is 5.91 Å². The molecule has 0 aliphatic carbocycles. The standard InChI is InChI=1S/C23H27FN2O3/c1-17(18-8-10-20(24)11-9-18)25(2)23(28)19-12-14-26(15-13-19)22(27)16-29-21-6-4-3-5-7-21/h3-11,17,19H,12-16H2,1-2H3. The molecule has 2 aromatic rings. The highest BCUT2D eigenvalue weighted by Gasteiger charge is 2.31. The van der Waals surface area contributed by atoms with E-state index in [-0.39, 0.29) is 36.2 Å². The molecule has 1 unspecified atom stereocenters. The lowest BCUT2D eigenvalue weighted by Gasteiger charge is -2.35. The number of nitrogens with zero attached hydrogens (tertiary/aromatic N) is 2. The number of hydrogen-bond donors (Lipinski definition) is 0. The monoisotopic (exact) mass is 398 g/mol. The van der Waals surface area contributed by atoms with Crippen molar-refractivity contribution in [1.29, 1.82) is 0 Å². The molecule has 0 radical (unpaired) electrons. The van der Waals surface area contributed by atoms with Crippen molar-refractivity contribution in [2.45, 2.75) is 25.8 Å². The molecule has 29 heavy (non-hydrogen) atoms. The van der Waals surface area contributed by atoms with Crippen molar-refractivity contribution in [3.05, 3.63) is 66.0 Å². The molecule has 0 saturated carbocycles. The Kier molecular flexibility index (Phi) is 6.86. The Morgan fingerprint density at radius 3 is 2.34 bits per heavy atom. The van der Waals surface area contributed by atoms with Gasteiger partial charge in [0.15, 0.2) is 6.61 Å². The lowest BCUT2D eigenvalue weighted by atomic mass is 9.94. The van der Waals surface area contributed by atoms with Gasteiger partial charge in [0, 0.05) is 26.1 Å². The fraction of sp³-hybridized carbons (Fsp3) is 0.391. The predicted molar refractivity (Wildman–Crippen MR) is 109 cm³/mol. The summed E-state index contributed by atoms with van der Waals surface area (Å²) in [6, 6.07) is 15.3. The maximum atomic E-state index is 13.1. The van der Waals surface area contributed by atoms with Crippen molar-refractivity contribution in [3.63, 3.8) is 0 Å². The molecule has 1 fully saturated rings. The zero-order valence-corrected chi connectivity index (χ0v) is 16.9. The minimum atomic E-state index is -0.289. The third-order valence-corrected chi connectivity index (χ3v) is 5.58. The Bertz CT molecular complexity index is 818. The van der Waals surface area contributed by atoms with Gasteiger partial charge in [-0.2, -0.15) is 0 Å². The van der Waals surface area contributed by atoms with E-state index in [2.05, 4.69) is 0 Å². The number of benzene rings is 2. The van der Waals surface area contributed by atoms with Crippen LogP contribution in [0.15, 0.2) is 54.6 Å². The molecule has 0 spiro atoms. The molecule has 0 N–H and O–H groups in total. The average molecular weight is 398 g/mol. The molecule has 1 aliphatic heterocycles. The summed E-state index contributed by atoms with van der Waals surface area (Å²) in [6.45, 7) is 3.03. The summed E-state index contributed by atoms with van der Waals surface area (Å²) in [7, 11) is 1.78. The third kappa shape index (κ3) is 5.34. The second-order valence-electron chi connectivity index (χ2n) is 7.43. The molecule has 2 amide bonds. The summed E-state index contributed by atoms with van der Waals surface area (Å²) in [4.78, 5) is 28.7. The molecule has 0 aromatic heterocycles. The Morgan fingerprint density at radius 2 is 1.72 bits per heavy atom. The van der Waals surface area contributed by atoms with Gasteiger partial charge in [0.2, 0.25) is 5.91 Å². The minimum Gasteiger partial charge on any atom is -0.484 e. The second kappa shape index (κ2) is 9.54. The number of halogens is 1. The second-order valence-corrected chi connectivity index (χ2v) is 7.43. The molecule has 2 aromatic carbocycles. The molecule has 5 nitrogen and oxygen atoms in total. The highest BCUT2D eigenvalue weighted by atomic mass is 19.1. The van der Waals surface area contributed by atoms with E-state index in [0.717, 1.165) is 5.56 Å². The van der Waals surface area contributed by atoms with Crippen LogP contribution in [0.2, 0.25) is 0 Å². The highest BCUT2D eigenvalue weighted by molar-refractivity contribution is 5.81. The summed E-state index contributed by atoms with van der Waals surface area (Å²) in [5.74, 6) is 0.273. The first-order valence-electron chi connectivity index (χ1n) is 9.93. The van der Waals surface area contributed by atoms with E-state index in [4.69, 9.17) is 4.74 Å². The van der Waals surface area contributed by atoms with Gasteiger partial charge in [0.1, 0.15) is 11.6 Å². The van der Waals surface area contributed by atoms with Gasteiger partial charge in [0.05, 0.1) is 6.04 Å². The third-order valence-electron chi connectivity index (χ3n) is 5.58. The van der Waals surface area contributed by atoms with Crippen molar-refractivity contribution in [1.82, 2.24) is 9.80 Å². The number of rotatable bonds is 6. The Hall–Kier alpha value is -2.89. The van der Waals surface area contributed by atoms with Crippen molar-refractivity contribution in [3.8, 4) is 5.75 Å². The first-order chi connectivity index (χ1) is 14.0. The SMILES string of the molecule is CC(c1ccc(F)cc1)N(C)C(=O)C1CCN(C(=O)COc2ccccc2)CC1. The Balaban J connectivity index is 1.48. The number of para-hydroxylation sites is 1. The maximum absolute atomic E-state index is 13.1. The van der Waals surface area contributed by atoms with Crippen LogP contribution in [0.1, 0.15) is 31.4 Å². The van der Waals surface area contributed by atoms with E-state index in [1.165, 1.54) is 12.1 Å². The molecular formula is C23H27FN2O3. The first kappa shape index (κ1) is 20.8. The molecule has 1 saturated heterocycles. The molecule has 1 aliphatic rings.